The minimum absolute atomic E-state index is 0.0865. The summed E-state index contributed by atoms with van der Waals surface area (Å²) < 4.78 is 23.9. The molecule has 0 atom stereocenters. The smallest absolute Gasteiger partial charge is 0.238 e. The number of primary sulfonamides is 1. The highest BCUT2D eigenvalue weighted by Crippen LogP contribution is 2.33. The van der Waals surface area contributed by atoms with E-state index < -0.39 is 10.0 Å². The summed E-state index contributed by atoms with van der Waals surface area (Å²) in [7, 11) is -3.84. The maximum absolute atomic E-state index is 11.9. The Balaban J connectivity index is 1.87. The van der Waals surface area contributed by atoms with Gasteiger partial charge in [-0.2, -0.15) is 0 Å². The van der Waals surface area contributed by atoms with E-state index in [9.17, 15) is 8.42 Å². The molecule has 0 bridgehead atoms. The van der Waals surface area contributed by atoms with Crippen LogP contribution in [0.15, 0.2) is 65.6 Å². The summed E-state index contributed by atoms with van der Waals surface area (Å²) in [5, 5.41) is 19.4. The Labute approximate surface area is 175 Å². The van der Waals surface area contributed by atoms with E-state index in [0.29, 0.717) is 22.6 Å². The molecule has 30 heavy (non-hydrogen) atoms. The molecule has 1 heterocycles. The van der Waals surface area contributed by atoms with Crippen LogP contribution >= 0.6 is 0 Å². The fourth-order valence-electron chi connectivity index (χ4n) is 3.46. The standard InChI is InChI=1S/C23H22N4O2S/c1-14-8-9-15(2)20(12-14)25-23-19-7-5-4-6-18(19)22(26-27-23)17-11-10-16(3)21(13-17)30(24,28)29/h4-13H,1-3H3,(H,25,27)(H2,24,28,29). The van der Waals surface area contributed by atoms with Crippen molar-refractivity contribution in [3.63, 3.8) is 0 Å². The molecule has 3 aromatic carbocycles. The highest BCUT2D eigenvalue weighted by atomic mass is 32.2. The molecule has 152 valence electrons. The molecule has 0 aliphatic heterocycles. The summed E-state index contributed by atoms with van der Waals surface area (Å²) in [5.41, 5.74) is 5.05. The van der Waals surface area contributed by atoms with Gasteiger partial charge >= 0.3 is 0 Å². The van der Waals surface area contributed by atoms with E-state index in [1.165, 1.54) is 0 Å². The molecule has 3 N–H and O–H groups in total. The lowest BCUT2D eigenvalue weighted by Crippen LogP contribution is -2.13. The average molecular weight is 419 g/mol. The number of anilines is 2. The number of aryl methyl sites for hydroxylation is 3. The van der Waals surface area contributed by atoms with Crippen molar-refractivity contribution < 1.29 is 8.42 Å². The van der Waals surface area contributed by atoms with Crippen molar-refractivity contribution in [1.82, 2.24) is 10.2 Å². The molecule has 0 saturated heterocycles. The van der Waals surface area contributed by atoms with E-state index in [0.717, 1.165) is 27.6 Å². The first kappa shape index (κ1) is 20.0. The number of hydrogen-bond acceptors (Lipinski definition) is 5. The van der Waals surface area contributed by atoms with E-state index in [4.69, 9.17) is 5.14 Å². The summed E-state index contributed by atoms with van der Waals surface area (Å²) in [6.45, 7) is 5.79. The summed E-state index contributed by atoms with van der Waals surface area (Å²) >= 11 is 0. The van der Waals surface area contributed by atoms with Gasteiger partial charge in [-0.1, -0.05) is 48.5 Å². The van der Waals surface area contributed by atoms with E-state index >= 15 is 0 Å². The van der Waals surface area contributed by atoms with Crippen molar-refractivity contribution in [2.75, 3.05) is 5.32 Å². The number of nitrogens with one attached hydrogen (secondary N) is 1. The Morgan fingerprint density at radius 1 is 0.833 bits per heavy atom. The normalized spacial score (nSPS) is 11.6. The SMILES string of the molecule is Cc1ccc(C)c(Nc2nnc(-c3ccc(C)c(S(N)(=O)=O)c3)c3ccccc23)c1. The predicted molar refractivity (Wildman–Crippen MR) is 120 cm³/mol. The van der Waals surface area contributed by atoms with E-state index in [2.05, 4.69) is 33.7 Å². The van der Waals surface area contributed by atoms with E-state index in [1.54, 1.807) is 19.1 Å². The van der Waals surface area contributed by atoms with Gasteiger partial charge in [-0.3, -0.25) is 0 Å². The summed E-state index contributed by atoms with van der Waals surface area (Å²) in [4.78, 5) is 0.0865. The van der Waals surface area contributed by atoms with Gasteiger partial charge in [0, 0.05) is 22.0 Å². The van der Waals surface area contributed by atoms with Crippen LogP contribution < -0.4 is 10.5 Å². The fourth-order valence-corrected chi connectivity index (χ4v) is 4.27. The molecule has 4 aromatic rings. The van der Waals surface area contributed by atoms with Crippen molar-refractivity contribution in [2.45, 2.75) is 25.7 Å². The highest BCUT2D eigenvalue weighted by Gasteiger charge is 2.16. The minimum atomic E-state index is -3.84. The van der Waals surface area contributed by atoms with Gasteiger partial charge in [-0.15, -0.1) is 10.2 Å². The van der Waals surface area contributed by atoms with E-state index in [-0.39, 0.29) is 4.90 Å². The molecule has 1 aromatic heterocycles. The maximum Gasteiger partial charge on any atom is 0.238 e. The van der Waals surface area contributed by atoms with E-state index in [1.807, 2.05) is 44.2 Å². The third-order valence-electron chi connectivity index (χ3n) is 5.10. The van der Waals surface area contributed by atoms with Crippen LogP contribution in [0.1, 0.15) is 16.7 Å². The molecular formula is C23H22N4O2S. The van der Waals surface area contributed by atoms with Gasteiger partial charge in [-0.05, 0) is 49.6 Å². The maximum atomic E-state index is 11.9. The van der Waals surface area contributed by atoms with Gasteiger partial charge in [0.1, 0.15) is 5.69 Å². The van der Waals surface area contributed by atoms with Crippen LogP contribution in [-0.4, -0.2) is 18.6 Å². The number of fused-ring (bicyclic) bond motifs is 1. The van der Waals surface area contributed by atoms with Crippen LogP contribution in [0.4, 0.5) is 11.5 Å². The van der Waals surface area contributed by atoms with Crippen LogP contribution in [-0.2, 0) is 10.0 Å². The first-order valence-corrected chi connectivity index (χ1v) is 11.0. The number of nitrogens with zero attached hydrogens (tertiary/aromatic N) is 2. The molecule has 0 saturated carbocycles. The fraction of sp³-hybridized carbons (Fsp3) is 0.130. The van der Waals surface area contributed by atoms with Gasteiger partial charge in [-0.25, -0.2) is 13.6 Å². The first-order valence-electron chi connectivity index (χ1n) is 9.47. The number of nitrogens with two attached hydrogens (primary N) is 1. The Kier molecular flexibility index (Phi) is 5.01. The predicted octanol–water partition coefficient (Wildman–Crippen LogP) is 4.61. The zero-order valence-electron chi connectivity index (χ0n) is 17.0. The highest BCUT2D eigenvalue weighted by molar-refractivity contribution is 7.89. The molecule has 0 unspecified atom stereocenters. The monoisotopic (exact) mass is 418 g/mol. The zero-order valence-corrected chi connectivity index (χ0v) is 17.8. The topological polar surface area (TPSA) is 98.0 Å². The van der Waals surface area contributed by atoms with Crippen LogP contribution in [0.25, 0.3) is 22.0 Å². The third kappa shape index (κ3) is 3.77. The Morgan fingerprint density at radius 2 is 1.53 bits per heavy atom. The van der Waals surface area contributed by atoms with Gasteiger partial charge in [0.2, 0.25) is 10.0 Å². The second-order valence-electron chi connectivity index (χ2n) is 7.41. The number of hydrogen-bond donors (Lipinski definition) is 2. The molecule has 4 rings (SSSR count). The van der Waals surface area contributed by atoms with Crippen LogP contribution in [0, 0.1) is 20.8 Å². The summed E-state index contributed by atoms with van der Waals surface area (Å²) in [6, 6.07) is 19.1. The first-order chi connectivity index (χ1) is 14.2. The third-order valence-corrected chi connectivity index (χ3v) is 6.15. The molecule has 7 heteroatoms. The molecule has 0 aliphatic carbocycles. The lowest BCUT2D eigenvalue weighted by molar-refractivity contribution is 0.597. The average Bonchev–Trinajstić information content (AvgIpc) is 2.71. The molecule has 0 amide bonds. The van der Waals surface area contributed by atoms with Crippen LogP contribution in [0.3, 0.4) is 0 Å². The summed E-state index contributed by atoms with van der Waals surface area (Å²) in [5.74, 6) is 0.641. The zero-order chi connectivity index (χ0) is 21.5. The summed E-state index contributed by atoms with van der Waals surface area (Å²) in [6.07, 6.45) is 0. The number of benzene rings is 3. The Hall–Kier alpha value is -3.29. The number of rotatable bonds is 4. The van der Waals surface area contributed by atoms with Crippen molar-refractivity contribution in [1.29, 1.82) is 0 Å². The van der Waals surface area contributed by atoms with Gasteiger partial charge in [0.15, 0.2) is 5.82 Å². The molecule has 6 nitrogen and oxygen atoms in total. The van der Waals surface area contributed by atoms with Crippen molar-refractivity contribution in [2.24, 2.45) is 5.14 Å². The largest absolute Gasteiger partial charge is 0.338 e. The second-order valence-corrected chi connectivity index (χ2v) is 8.94. The molecule has 0 spiro atoms. The van der Waals surface area contributed by atoms with Crippen molar-refractivity contribution in [3.8, 4) is 11.3 Å². The number of aromatic nitrogens is 2. The number of sulfonamides is 1. The lowest BCUT2D eigenvalue weighted by atomic mass is 10.0. The van der Waals surface area contributed by atoms with Crippen LogP contribution in [0.5, 0.6) is 0 Å². The molecule has 0 radical (unpaired) electrons. The second kappa shape index (κ2) is 7.51. The van der Waals surface area contributed by atoms with Gasteiger partial charge in [0.05, 0.1) is 4.90 Å². The van der Waals surface area contributed by atoms with Crippen molar-refractivity contribution in [3.05, 3.63) is 77.4 Å². The molecular weight excluding hydrogens is 396 g/mol. The molecule has 0 aliphatic rings. The molecule has 0 fully saturated rings. The lowest BCUT2D eigenvalue weighted by Gasteiger charge is -2.14. The quantitative estimate of drug-likeness (QED) is 0.504. The van der Waals surface area contributed by atoms with Crippen molar-refractivity contribution >= 4 is 32.3 Å². The van der Waals surface area contributed by atoms with Crippen LogP contribution in [0.2, 0.25) is 0 Å². The Bertz CT molecular complexity index is 1380. The van der Waals surface area contributed by atoms with Gasteiger partial charge < -0.3 is 5.32 Å². The minimum Gasteiger partial charge on any atom is -0.338 e. The Morgan fingerprint density at radius 3 is 2.27 bits per heavy atom. The van der Waals surface area contributed by atoms with Gasteiger partial charge in [0.25, 0.3) is 0 Å².